The van der Waals surface area contributed by atoms with Crippen LogP contribution in [0.1, 0.15) is 15.4 Å². The van der Waals surface area contributed by atoms with Crippen LogP contribution in [0.15, 0.2) is 18.2 Å². The smallest absolute Gasteiger partial charge is 0.349 e. The zero-order valence-corrected chi connectivity index (χ0v) is 11.6. The maximum Gasteiger partial charge on any atom is 0.349 e. The van der Waals surface area contributed by atoms with Crippen molar-refractivity contribution in [2.75, 3.05) is 5.73 Å². The lowest BCUT2D eigenvalue weighted by molar-refractivity contribution is 0.0701. The average molecular weight is 306 g/mol. The van der Waals surface area contributed by atoms with Crippen LogP contribution in [0.2, 0.25) is 10.0 Å². The number of nitrogen functional groups attached to an aromatic ring is 1. The van der Waals surface area contributed by atoms with E-state index in [1.54, 1.807) is 25.1 Å². The number of hydrogen-bond donors (Lipinski definition) is 2. The number of carboxylic acids is 1. The molecular weight excluding hydrogens is 297 g/mol. The van der Waals surface area contributed by atoms with Gasteiger partial charge < -0.3 is 10.8 Å². The van der Waals surface area contributed by atoms with Gasteiger partial charge in [-0.2, -0.15) is 0 Å². The van der Waals surface area contributed by atoms with E-state index in [0.29, 0.717) is 21.4 Å². The van der Waals surface area contributed by atoms with Crippen LogP contribution in [0, 0.1) is 6.92 Å². The summed E-state index contributed by atoms with van der Waals surface area (Å²) >= 11 is 12.1. The Morgan fingerprint density at radius 2 is 2.06 bits per heavy atom. The van der Waals surface area contributed by atoms with Gasteiger partial charge in [-0.15, -0.1) is 5.10 Å². The van der Waals surface area contributed by atoms with Crippen LogP contribution in [0.4, 0.5) is 5.69 Å². The van der Waals surface area contributed by atoms with Gasteiger partial charge in [0.25, 0.3) is 0 Å². The van der Waals surface area contributed by atoms with Gasteiger partial charge >= 0.3 is 5.97 Å². The minimum Gasteiger partial charge on any atom is -0.477 e. The van der Waals surface area contributed by atoms with Gasteiger partial charge in [0, 0.05) is 5.69 Å². The van der Waals surface area contributed by atoms with Crippen LogP contribution >= 0.6 is 34.7 Å². The molecule has 0 fully saturated rings. The average Bonchev–Trinajstić information content (AvgIpc) is 2.71. The number of aromatic nitrogens is 2. The van der Waals surface area contributed by atoms with Gasteiger partial charge in [-0.3, -0.25) is 0 Å². The Morgan fingerprint density at radius 1 is 1.39 bits per heavy atom. The van der Waals surface area contributed by atoms with Crippen molar-refractivity contribution < 1.29 is 9.90 Å². The van der Waals surface area contributed by atoms with Gasteiger partial charge in [0.1, 0.15) is 0 Å². The van der Waals surface area contributed by atoms with E-state index in [2.05, 4.69) is 9.59 Å². The summed E-state index contributed by atoms with van der Waals surface area (Å²) in [6.45, 7) is 1.62. The van der Waals surface area contributed by atoms with Gasteiger partial charge in [-0.05, 0) is 36.7 Å². The molecule has 2 aromatic rings. The second-order valence-electron chi connectivity index (χ2n) is 3.17. The summed E-state index contributed by atoms with van der Waals surface area (Å²) in [6, 6.07) is 4.98. The fourth-order valence-corrected chi connectivity index (χ4v) is 1.74. The fourth-order valence-electron chi connectivity index (χ4n) is 0.940. The van der Waals surface area contributed by atoms with E-state index in [0.717, 1.165) is 11.5 Å². The predicted molar refractivity (Wildman–Crippen MR) is 72.5 cm³/mol. The van der Waals surface area contributed by atoms with Crippen molar-refractivity contribution in [1.29, 1.82) is 0 Å². The number of hydrogen-bond acceptors (Lipinski definition) is 5. The van der Waals surface area contributed by atoms with Crippen molar-refractivity contribution in [2.45, 2.75) is 6.92 Å². The second-order valence-corrected chi connectivity index (χ2v) is 4.73. The molecule has 96 valence electrons. The third kappa shape index (κ3) is 4.14. The highest BCUT2D eigenvalue weighted by Crippen LogP contribution is 2.23. The molecule has 0 aliphatic carbocycles. The molecule has 1 aromatic heterocycles. The van der Waals surface area contributed by atoms with Crippen LogP contribution < -0.4 is 5.73 Å². The highest BCUT2D eigenvalue weighted by molar-refractivity contribution is 7.07. The number of benzene rings is 1. The minimum atomic E-state index is -0.956. The lowest BCUT2D eigenvalue weighted by Gasteiger charge is -1.94. The molecule has 0 radical (unpaired) electrons. The number of rotatable bonds is 1. The molecule has 0 bridgehead atoms. The Morgan fingerprint density at radius 3 is 2.39 bits per heavy atom. The van der Waals surface area contributed by atoms with E-state index < -0.39 is 5.97 Å². The summed E-state index contributed by atoms with van der Waals surface area (Å²) in [6.07, 6.45) is 0. The first kappa shape index (κ1) is 14.7. The van der Waals surface area contributed by atoms with E-state index in [4.69, 9.17) is 34.0 Å². The first-order valence-electron chi connectivity index (χ1n) is 4.64. The summed E-state index contributed by atoms with van der Waals surface area (Å²) in [5.74, 6) is -0.956. The minimum absolute atomic E-state index is 0.218. The summed E-state index contributed by atoms with van der Waals surface area (Å²) in [5, 5.41) is 12.9. The quantitative estimate of drug-likeness (QED) is 0.790. The van der Waals surface area contributed by atoms with Crippen molar-refractivity contribution in [1.82, 2.24) is 9.59 Å². The Hall–Kier alpha value is -1.37. The van der Waals surface area contributed by atoms with Crippen LogP contribution in [0.25, 0.3) is 0 Å². The first-order valence-corrected chi connectivity index (χ1v) is 6.17. The Kier molecular flexibility index (Phi) is 5.33. The first-order chi connectivity index (χ1) is 8.41. The lowest BCUT2D eigenvalue weighted by atomic mass is 10.3. The number of nitrogens with two attached hydrogens (primary N) is 1. The van der Waals surface area contributed by atoms with Crippen molar-refractivity contribution >= 4 is 46.4 Å². The molecule has 0 atom stereocenters. The largest absolute Gasteiger partial charge is 0.477 e. The van der Waals surface area contributed by atoms with Crippen molar-refractivity contribution in [3.63, 3.8) is 0 Å². The van der Waals surface area contributed by atoms with Gasteiger partial charge in [0.2, 0.25) is 0 Å². The third-order valence-corrected chi connectivity index (χ3v) is 3.34. The lowest BCUT2D eigenvalue weighted by Crippen LogP contribution is -1.94. The predicted octanol–water partition coefficient (Wildman–Crippen LogP) is 3.12. The third-order valence-electron chi connectivity index (χ3n) is 1.79. The SMILES string of the molecule is Cc1nnsc1C(=O)O.Nc1ccc(Cl)c(Cl)c1. The topological polar surface area (TPSA) is 89.1 Å². The van der Waals surface area contributed by atoms with Crippen LogP contribution in [0.3, 0.4) is 0 Å². The molecule has 18 heavy (non-hydrogen) atoms. The molecule has 1 heterocycles. The van der Waals surface area contributed by atoms with Crippen molar-refractivity contribution in [3.8, 4) is 0 Å². The molecular formula is C10H9Cl2N3O2S. The number of halogens is 2. The zero-order valence-electron chi connectivity index (χ0n) is 9.22. The molecule has 0 spiro atoms. The molecule has 0 saturated carbocycles. The second kappa shape index (κ2) is 6.53. The maximum absolute atomic E-state index is 10.2. The highest BCUT2D eigenvalue weighted by atomic mass is 35.5. The molecule has 1 aromatic carbocycles. The van der Waals surface area contributed by atoms with Crippen molar-refractivity contribution in [3.05, 3.63) is 38.8 Å². The van der Waals surface area contributed by atoms with E-state index in [1.807, 2.05) is 0 Å². The molecule has 0 aliphatic heterocycles. The van der Waals surface area contributed by atoms with E-state index >= 15 is 0 Å². The molecule has 0 aliphatic rings. The molecule has 3 N–H and O–H groups in total. The Balaban J connectivity index is 0.000000180. The normalized spacial score (nSPS) is 9.50. The van der Waals surface area contributed by atoms with E-state index in [-0.39, 0.29) is 4.88 Å². The summed E-state index contributed by atoms with van der Waals surface area (Å²) in [4.78, 5) is 10.4. The van der Waals surface area contributed by atoms with E-state index in [9.17, 15) is 4.79 Å². The number of aryl methyl sites for hydroxylation is 1. The highest BCUT2D eigenvalue weighted by Gasteiger charge is 2.09. The standard InChI is InChI=1S/C6H5Cl2N.C4H4N2O2S/c7-5-2-1-4(9)3-6(5)8;1-2-3(4(7)8)9-6-5-2/h1-3H,9H2;1H3,(H,7,8). The molecule has 0 unspecified atom stereocenters. The molecule has 0 amide bonds. The number of carbonyl (C=O) groups is 1. The fraction of sp³-hybridized carbons (Fsp3) is 0.100. The monoisotopic (exact) mass is 305 g/mol. The summed E-state index contributed by atoms with van der Waals surface area (Å²) < 4.78 is 3.45. The number of carboxylic acid groups (broad SMARTS) is 1. The Bertz CT molecular complexity index is 560. The van der Waals surface area contributed by atoms with Gasteiger partial charge in [-0.1, -0.05) is 27.7 Å². The van der Waals surface area contributed by atoms with Gasteiger partial charge in [0.15, 0.2) is 4.88 Å². The molecule has 8 heteroatoms. The van der Waals surface area contributed by atoms with Crippen molar-refractivity contribution in [2.24, 2.45) is 0 Å². The van der Waals surface area contributed by atoms with Gasteiger partial charge in [0.05, 0.1) is 15.7 Å². The Labute approximate surface area is 117 Å². The van der Waals surface area contributed by atoms with Crippen LogP contribution in [0.5, 0.6) is 0 Å². The molecule has 2 rings (SSSR count). The van der Waals surface area contributed by atoms with Gasteiger partial charge in [-0.25, -0.2) is 4.79 Å². The number of aromatic carboxylic acids is 1. The molecule has 0 saturated heterocycles. The number of nitrogens with zero attached hydrogens (tertiary/aromatic N) is 2. The van der Waals surface area contributed by atoms with E-state index in [1.165, 1.54) is 0 Å². The van der Waals surface area contributed by atoms with Crippen LogP contribution in [-0.4, -0.2) is 20.7 Å². The maximum atomic E-state index is 10.2. The van der Waals surface area contributed by atoms with Crippen LogP contribution in [-0.2, 0) is 0 Å². The summed E-state index contributed by atoms with van der Waals surface area (Å²) in [7, 11) is 0. The number of anilines is 1. The zero-order chi connectivity index (χ0) is 13.7. The molecule has 5 nitrogen and oxygen atoms in total. The summed E-state index contributed by atoms with van der Waals surface area (Å²) in [5.41, 5.74) is 6.49.